The van der Waals surface area contributed by atoms with Crippen LogP contribution in [0.1, 0.15) is 90.5 Å². The third-order valence-electron chi connectivity index (χ3n) is 8.29. The van der Waals surface area contributed by atoms with Gasteiger partial charge in [-0.05, 0) is 82.6 Å². The van der Waals surface area contributed by atoms with E-state index in [2.05, 4.69) is 10.2 Å². The zero-order chi connectivity index (χ0) is 38.7. The van der Waals surface area contributed by atoms with Gasteiger partial charge in [0.25, 0.3) is 5.09 Å². The smallest absolute Gasteiger partial charge is 0.416 e. The summed E-state index contributed by atoms with van der Waals surface area (Å²) in [4.78, 5) is 51.8. The molecule has 1 fully saturated rings. The highest BCUT2D eigenvalue weighted by atomic mass is 19.4. The van der Waals surface area contributed by atoms with Gasteiger partial charge in [-0.3, -0.25) is 14.4 Å². The number of hydrogen-bond acceptors (Lipinski definition) is 11. The molecule has 1 amide bonds. The maximum Gasteiger partial charge on any atom is 0.416 e. The van der Waals surface area contributed by atoms with Crippen molar-refractivity contribution in [3.63, 3.8) is 0 Å². The number of aliphatic hydroxyl groups is 2. The first-order chi connectivity index (χ1) is 24.6. The number of ether oxygens (including phenoxy) is 3. The SMILES string of the molecule is CCC(CCCC(=O)NCCC(=O)O[C@H](/C=C/[C@@H]1[C@@H](C/C=C\CCCC(=O)OC(C)C)[C@@H](O)C[C@H]1O)COc1cccc(C(F)(F)F)c1)O[N+](=O)[O-]. The number of hydrogen-bond donors (Lipinski definition) is 3. The Balaban J connectivity index is 2.02. The van der Waals surface area contributed by atoms with E-state index in [1.165, 1.54) is 18.2 Å². The van der Waals surface area contributed by atoms with Crippen molar-refractivity contribution < 1.29 is 61.9 Å². The number of benzene rings is 1. The van der Waals surface area contributed by atoms with Crippen molar-refractivity contribution in [1.82, 2.24) is 5.32 Å². The summed E-state index contributed by atoms with van der Waals surface area (Å²) in [5.41, 5.74) is -0.921. The summed E-state index contributed by atoms with van der Waals surface area (Å²) in [6, 6.07) is 4.22. The summed E-state index contributed by atoms with van der Waals surface area (Å²) in [7, 11) is 0. The minimum atomic E-state index is -4.60. The van der Waals surface area contributed by atoms with Crippen molar-refractivity contribution in [2.45, 2.75) is 122 Å². The fourth-order valence-electron chi connectivity index (χ4n) is 5.65. The molecule has 2 rings (SSSR count). The normalized spacial score (nSPS) is 20.2. The summed E-state index contributed by atoms with van der Waals surface area (Å²) in [5.74, 6) is -2.43. The van der Waals surface area contributed by atoms with E-state index in [0.717, 1.165) is 12.1 Å². The molecule has 1 unspecified atom stereocenters. The molecule has 1 aliphatic carbocycles. The molecule has 292 valence electrons. The Morgan fingerprint density at radius 1 is 1.06 bits per heavy atom. The Labute approximate surface area is 301 Å². The summed E-state index contributed by atoms with van der Waals surface area (Å²) in [6.45, 7) is 4.83. The molecule has 1 aliphatic rings. The minimum absolute atomic E-state index is 0.0572. The van der Waals surface area contributed by atoms with E-state index < -0.39 is 53.1 Å². The molecule has 0 saturated heterocycles. The van der Waals surface area contributed by atoms with Gasteiger partial charge in [-0.1, -0.05) is 31.2 Å². The number of esters is 2. The Morgan fingerprint density at radius 3 is 2.46 bits per heavy atom. The van der Waals surface area contributed by atoms with Crippen molar-refractivity contribution in [2.24, 2.45) is 11.8 Å². The fraction of sp³-hybridized carbons (Fsp3) is 0.639. The predicted octanol–water partition coefficient (Wildman–Crippen LogP) is 5.64. The Kier molecular flexibility index (Phi) is 19.2. The predicted molar refractivity (Wildman–Crippen MR) is 182 cm³/mol. The molecule has 0 bridgehead atoms. The number of aliphatic hydroxyl groups excluding tert-OH is 2. The van der Waals surface area contributed by atoms with Crippen LogP contribution in [0.25, 0.3) is 0 Å². The second-order valence-electron chi connectivity index (χ2n) is 12.9. The van der Waals surface area contributed by atoms with Crippen molar-refractivity contribution >= 4 is 17.8 Å². The van der Waals surface area contributed by atoms with Crippen LogP contribution in [0.3, 0.4) is 0 Å². The van der Waals surface area contributed by atoms with Crippen LogP contribution in [0.15, 0.2) is 48.6 Å². The summed E-state index contributed by atoms with van der Waals surface area (Å²) < 4.78 is 55.9. The van der Waals surface area contributed by atoms with E-state index >= 15 is 0 Å². The topological polar surface area (TPSA) is 184 Å². The molecular formula is C36H51F3N2O11. The third-order valence-corrected chi connectivity index (χ3v) is 8.29. The van der Waals surface area contributed by atoms with Crippen molar-refractivity contribution in [3.8, 4) is 5.75 Å². The molecule has 0 aliphatic heterocycles. The fourth-order valence-corrected chi connectivity index (χ4v) is 5.65. The first-order valence-electron chi connectivity index (χ1n) is 17.5. The number of alkyl halides is 3. The van der Waals surface area contributed by atoms with E-state index in [4.69, 9.17) is 14.2 Å². The van der Waals surface area contributed by atoms with Gasteiger partial charge in [0, 0.05) is 31.7 Å². The van der Waals surface area contributed by atoms with Crippen LogP contribution >= 0.6 is 0 Å². The first-order valence-corrected chi connectivity index (χ1v) is 17.5. The number of amides is 1. The molecular weight excluding hydrogens is 693 g/mol. The summed E-state index contributed by atoms with van der Waals surface area (Å²) >= 11 is 0. The van der Waals surface area contributed by atoms with Crippen LogP contribution < -0.4 is 10.1 Å². The molecule has 0 heterocycles. The van der Waals surface area contributed by atoms with E-state index in [0.29, 0.717) is 38.5 Å². The van der Waals surface area contributed by atoms with Gasteiger partial charge < -0.3 is 34.6 Å². The number of halogens is 3. The van der Waals surface area contributed by atoms with Gasteiger partial charge in [0.2, 0.25) is 5.91 Å². The largest absolute Gasteiger partial charge is 0.489 e. The van der Waals surface area contributed by atoms with Gasteiger partial charge in [-0.25, -0.2) is 0 Å². The molecule has 1 saturated carbocycles. The van der Waals surface area contributed by atoms with Crippen molar-refractivity contribution in [1.29, 1.82) is 0 Å². The van der Waals surface area contributed by atoms with Gasteiger partial charge in [-0.15, -0.1) is 10.1 Å². The molecule has 0 spiro atoms. The molecule has 1 aromatic rings. The number of rotatable bonds is 23. The van der Waals surface area contributed by atoms with Crippen LogP contribution in [-0.2, 0) is 34.9 Å². The van der Waals surface area contributed by atoms with Crippen molar-refractivity contribution in [2.75, 3.05) is 13.2 Å². The average Bonchev–Trinajstić information content (AvgIpc) is 3.33. The second-order valence-corrected chi connectivity index (χ2v) is 12.9. The average molecular weight is 745 g/mol. The highest BCUT2D eigenvalue weighted by Crippen LogP contribution is 2.36. The van der Waals surface area contributed by atoms with Crippen LogP contribution in [-0.4, -0.2) is 76.8 Å². The quantitative estimate of drug-likeness (QED) is 0.0414. The first kappa shape index (κ1) is 44.0. The van der Waals surface area contributed by atoms with E-state index in [-0.39, 0.29) is 68.5 Å². The lowest BCUT2D eigenvalue weighted by atomic mass is 9.89. The third kappa shape index (κ3) is 17.4. The molecule has 0 aromatic heterocycles. The lowest BCUT2D eigenvalue weighted by Gasteiger charge is -2.21. The lowest BCUT2D eigenvalue weighted by molar-refractivity contribution is -0.768. The van der Waals surface area contributed by atoms with E-state index in [1.807, 2.05) is 12.2 Å². The Morgan fingerprint density at radius 2 is 1.79 bits per heavy atom. The molecule has 13 nitrogen and oxygen atoms in total. The Bertz CT molecular complexity index is 1340. The van der Waals surface area contributed by atoms with Gasteiger partial charge in [0.15, 0.2) is 6.10 Å². The summed E-state index contributed by atoms with van der Waals surface area (Å²) in [6.07, 6.45) is 1.42. The Hall–Kier alpha value is -4.18. The lowest BCUT2D eigenvalue weighted by Crippen LogP contribution is -2.29. The number of nitrogens with one attached hydrogen (secondary N) is 1. The minimum Gasteiger partial charge on any atom is -0.489 e. The van der Waals surface area contributed by atoms with Gasteiger partial charge >= 0.3 is 18.1 Å². The zero-order valence-corrected chi connectivity index (χ0v) is 29.8. The van der Waals surface area contributed by atoms with E-state index in [1.54, 1.807) is 26.8 Å². The number of carbonyl (C=O) groups is 3. The highest BCUT2D eigenvalue weighted by Gasteiger charge is 2.39. The van der Waals surface area contributed by atoms with Gasteiger partial charge in [-0.2, -0.15) is 13.2 Å². The van der Waals surface area contributed by atoms with Crippen LogP contribution in [0, 0.1) is 22.0 Å². The molecule has 1 aromatic carbocycles. The molecule has 6 atom stereocenters. The van der Waals surface area contributed by atoms with Crippen LogP contribution in [0.4, 0.5) is 13.2 Å². The van der Waals surface area contributed by atoms with Crippen LogP contribution in [0.5, 0.6) is 5.75 Å². The number of unbranched alkanes of at least 4 members (excludes halogenated alkanes) is 1. The van der Waals surface area contributed by atoms with Gasteiger partial charge in [0.05, 0.1) is 30.3 Å². The number of allylic oxidation sites excluding steroid dienone is 2. The monoisotopic (exact) mass is 744 g/mol. The maximum absolute atomic E-state index is 13.2. The molecule has 52 heavy (non-hydrogen) atoms. The number of nitrogens with zero attached hydrogens (tertiary/aromatic N) is 1. The van der Waals surface area contributed by atoms with Crippen molar-refractivity contribution in [3.05, 3.63) is 64.2 Å². The summed E-state index contributed by atoms with van der Waals surface area (Å²) in [5, 5.41) is 33.6. The molecule has 3 N–H and O–H groups in total. The highest BCUT2D eigenvalue weighted by molar-refractivity contribution is 5.77. The molecule has 0 radical (unpaired) electrons. The standard InChI is InChI=1S/C36H51F3N2O11/c1-4-26(52-41(47)48)12-10-15-33(44)40-20-19-35(46)51-28(23-49-27-13-9-11-25(21-27)36(37,38)39)17-18-30-29(31(42)22-32(30)43)14-7-5-6-8-16-34(45)50-24(2)3/h5,7,9,11,13,17-18,21,24,26,28-32,42-43H,4,6,8,10,12,14-16,19-20,22-23H2,1-3H3,(H,40,44)/b7-5-,18-17+/t26?,28-,29-,30-,31+,32-/m1/s1. The van der Waals surface area contributed by atoms with E-state index in [9.17, 15) is 47.9 Å². The second kappa shape index (κ2) is 22.7. The van der Waals surface area contributed by atoms with Crippen LogP contribution in [0.2, 0.25) is 0 Å². The maximum atomic E-state index is 13.2. The number of carbonyl (C=O) groups excluding carboxylic acids is 3. The molecule has 16 heteroatoms. The van der Waals surface area contributed by atoms with Gasteiger partial charge in [0.1, 0.15) is 18.5 Å². The zero-order valence-electron chi connectivity index (χ0n) is 29.8.